The fraction of sp³-hybridized carbons (Fsp3) is 0.364. The average molecular weight is 457 g/mol. The summed E-state index contributed by atoms with van der Waals surface area (Å²) in [5.74, 6) is 0.616. The van der Waals surface area contributed by atoms with Crippen molar-refractivity contribution in [2.24, 2.45) is 0 Å². The minimum absolute atomic E-state index is 0.0812. The van der Waals surface area contributed by atoms with Gasteiger partial charge in [-0.3, -0.25) is 14.7 Å². The summed E-state index contributed by atoms with van der Waals surface area (Å²) in [6.07, 6.45) is 1.94. The van der Waals surface area contributed by atoms with Gasteiger partial charge in [-0.25, -0.2) is 9.97 Å². The molecule has 1 aliphatic rings. The molecule has 8 nitrogen and oxygen atoms in total. The number of hydrogen-bond acceptors (Lipinski definition) is 6. The number of H-pyrrole nitrogens is 1. The maximum atomic E-state index is 12.9. The Kier molecular flexibility index (Phi) is 5.28. The van der Waals surface area contributed by atoms with E-state index in [2.05, 4.69) is 24.8 Å². The van der Waals surface area contributed by atoms with E-state index in [0.29, 0.717) is 31.9 Å². The van der Waals surface area contributed by atoms with Crippen LogP contribution in [0.4, 0.5) is 19.0 Å². The van der Waals surface area contributed by atoms with Crippen molar-refractivity contribution in [2.45, 2.75) is 26.1 Å². The summed E-state index contributed by atoms with van der Waals surface area (Å²) >= 11 is 0. The highest BCUT2D eigenvalue weighted by atomic mass is 19.4. The van der Waals surface area contributed by atoms with Gasteiger partial charge >= 0.3 is 6.18 Å². The Morgan fingerprint density at radius 2 is 1.85 bits per heavy atom. The number of fused-ring (bicyclic) bond motifs is 2. The maximum absolute atomic E-state index is 12.9. The van der Waals surface area contributed by atoms with Crippen LogP contribution in [0.5, 0.6) is 0 Å². The van der Waals surface area contributed by atoms with Gasteiger partial charge < -0.3 is 14.3 Å². The number of alkyl halides is 3. The minimum Gasteiger partial charge on any atom is -0.353 e. The van der Waals surface area contributed by atoms with Crippen molar-refractivity contribution < 1.29 is 13.2 Å². The second-order valence-corrected chi connectivity index (χ2v) is 8.15. The van der Waals surface area contributed by atoms with Gasteiger partial charge in [0, 0.05) is 50.7 Å². The second kappa shape index (κ2) is 8.14. The molecule has 1 aliphatic heterocycles. The van der Waals surface area contributed by atoms with Gasteiger partial charge in [0.1, 0.15) is 5.82 Å². The van der Waals surface area contributed by atoms with Gasteiger partial charge in [0.15, 0.2) is 11.3 Å². The lowest BCUT2D eigenvalue weighted by molar-refractivity contribution is -0.140. The number of anilines is 1. The topological polar surface area (TPSA) is 82.4 Å². The number of halogens is 3. The molecular weight excluding hydrogens is 435 g/mol. The van der Waals surface area contributed by atoms with Gasteiger partial charge in [0.2, 0.25) is 0 Å². The first kappa shape index (κ1) is 21.4. The third-order valence-electron chi connectivity index (χ3n) is 5.93. The molecule has 1 N–H and O–H groups in total. The normalized spacial score (nSPS) is 15.6. The van der Waals surface area contributed by atoms with Gasteiger partial charge in [-0.2, -0.15) is 13.2 Å². The summed E-state index contributed by atoms with van der Waals surface area (Å²) in [6, 6.07) is 3.79. The molecule has 0 aromatic carbocycles. The number of nitrogens with one attached hydrogen (secondary N) is 1. The van der Waals surface area contributed by atoms with E-state index in [4.69, 9.17) is 0 Å². The van der Waals surface area contributed by atoms with E-state index in [1.54, 1.807) is 6.20 Å². The molecule has 0 spiro atoms. The molecule has 0 radical (unpaired) electrons. The molecule has 5 heterocycles. The highest BCUT2D eigenvalue weighted by Gasteiger charge is 2.34. The van der Waals surface area contributed by atoms with Crippen LogP contribution >= 0.6 is 0 Å². The van der Waals surface area contributed by atoms with Crippen LogP contribution < -0.4 is 10.5 Å². The van der Waals surface area contributed by atoms with E-state index < -0.39 is 11.9 Å². The standard InChI is InChI=1S/C22H22F3N7O/c1-2-15-8-16-17(28-21(15)33)7-14(9-26-16)11-30-3-5-31(6-4-30)20-13-32-12-18(22(23,24)25)29-19(32)10-27-20/h7-10,12-13H,2-6,11H2,1H3,(H,28,33). The molecule has 0 amide bonds. The van der Waals surface area contributed by atoms with Crippen LogP contribution in [-0.4, -0.2) is 55.4 Å². The number of rotatable bonds is 4. The molecule has 4 aromatic heterocycles. The van der Waals surface area contributed by atoms with Gasteiger partial charge in [-0.1, -0.05) is 6.92 Å². The Balaban J connectivity index is 1.26. The summed E-state index contributed by atoms with van der Waals surface area (Å²) in [5, 5.41) is 0. The summed E-state index contributed by atoms with van der Waals surface area (Å²) in [6.45, 7) is 5.54. The van der Waals surface area contributed by atoms with E-state index in [9.17, 15) is 18.0 Å². The van der Waals surface area contributed by atoms with Crippen LogP contribution in [0, 0.1) is 0 Å². The molecule has 0 aliphatic carbocycles. The lowest BCUT2D eigenvalue weighted by Crippen LogP contribution is -2.46. The van der Waals surface area contributed by atoms with E-state index in [1.807, 2.05) is 30.2 Å². The van der Waals surface area contributed by atoms with Crippen LogP contribution in [0.15, 0.2) is 41.7 Å². The first-order chi connectivity index (χ1) is 15.8. The smallest absolute Gasteiger partial charge is 0.353 e. The van der Waals surface area contributed by atoms with Gasteiger partial charge in [-0.15, -0.1) is 0 Å². The first-order valence-electron chi connectivity index (χ1n) is 10.7. The fourth-order valence-corrected chi connectivity index (χ4v) is 4.10. The number of aryl methyl sites for hydroxylation is 1. The molecule has 172 valence electrons. The molecule has 4 aromatic rings. The molecule has 1 fully saturated rings. The first-order valence-corrected chi connectivity index (χ1v) is 10.7. The minimum atomic E-state index is -4.49. The van der Waals surface area contributed by atoms with Crippen LogP contribution in [0.2, 0.25) is 0 Å². The number of pyridine rings is 2. The summed E-state index contributed by atoms with van der Waals surface area (Å²) in [4.78, 5) is 31.7. The molecular formula is C22H22F3N7O. The zero-order valence-electron chi connectivity index (χ0n) is 17.9. The van der Waals surface area contributed by atoms with Crippen molar-refractivity contribution in [1.29, 1.82) is 0 Å². The van der Waals surface area contributed by atoms with Crippen LogP contribution in [0.3, 0.4) is 0 Å². The lowest BCUT2D eigenvalue weighted by atomic mass is 10.1. The number of nitrogens with zero attached hydrogens (tertiary/aromatic N) is 6. The predicted molar refractivity (Wildman–Crippen MR) is 117 cm³/mol. The zero-order valence-corrected chi connectivity index (χ0v) is 17.9. The molecule has 11 heteroatoms. The Morgan fingerprint density at radius 3 is 2.58 bits per heavy atom. The van der Waals surface area contributed by atoms with Gasteiger partial charge in [0.05, 0.1) is 23.4 Å². The zero-order chi connectivity index (χ0) is 23.2. The van der Waals surface area contributed by atoms with Crippen molar-refractivity contribution >= 4 is 22.5 Å². The highest BCUT2D eigenvalue weighted by Crippen LogP contribution is 2.28. The molecule has 1 saturated heterocycles. The van der Waals surface area contributed by atoms with E-state index in [1.165, 1.54) is 10.6 Å². The summed E-state index contributed by atoms with van der Waals surface area (Å²) < 4.78 is 40.1. The average Bonchev–Trinajstić information content (AvgIpc) is 3.23. The van der Waals surface area contributed by atoms with Crippen molar-refractivity contribution in [3.05, 3.63) is 64.1 Å². The Hall–Kier alpha value is -3.47. The summed E-state index contributed by atoms with van der Waals surface area (Å²) in [7, 11) is 0. The van der Waals surface area contributed by atoms with E-state index in [-0.39, 0.29) is 11.2 Å². The molecule has 0 unspecified atom stereocenters. The largest absolute Gasteiger partial charge is 0.434 e. The number of aromatic nitrogens is 5. The fourth-order valence-electron chi connectivity index (χ4n) is 4.10. The molecule has 0 saturated carbocycles. The predicted octanol–water partition coefficient (Wildman–Crippen LogP) is 2.87. The Morgan fingerprint density at radius 1 is 1.06 bits per heavy atom. The van der Waals surface area contributed by atoms with Gasteiger partial charge in [-0.05, 0) is 24.1 Å². The van der Waals surface area contributed by atoms with E-state index >= 15 is 0 Å². The van der Waals surface area contributed by atoms with Crippen molar-refractivity contribution in [1.82, 2.24) is 29.2 Å². The van der Waals surface area contributed by atoms with Crippen molar-refractivity contribution in [2.75, 3.05) is 31.1 Å². The monoisotopic (exact) mass is 457 g/mol. The Labute approximate surface area is 186 Å². The summed E-state index contributed by atoms with van der Waals surface area (Å²) in [5.41, 5.74) is 2.38. The molecule has 33 heavy (non-hydrogen) atoms. The van der Waals surface area contributed by atoms with Crippen LogP contribution in [0.1, 0.15) is 23.7 Å². The second-order valence-electron chi connectivity index (χ2n) is 8.15. The molecule has 0 bridgehead atoms. The highest BCUT2D eigenvalue weighted by molar-refractivity contribution is 5.74. The third-order valence-corrected chi connectivity index (χ3v) is 5.93. The van der Waals surface area contributed by atoms with Crippen LogP contribution in [0.25, 0.3) is 16.7 Å². The number of aromatic amines is 1. The third kappa shape index (κ3) is 4.28. The van der Waals surface area contributed by atoms with Gasteiger partial charge in [0.25, 0.3) is 5.56 Å². The van der Waals surface area contributed by atoms with Crippen LogP contribution in [-0.2, 0) is 19.1 Å². The van der Waals surface area contributed by atoms with Crippen molar-refractivity contribution in [3.63, 3.8) is 0 Å². The Bertz CT molecular complexity index is 1370. The molecule has 0 atom stereocenters. The SMILES string of the molecule is CCc1cc2ncc(CN3CCN(c4cn5cc(C(F)(F)F)nc5cn4)CC3)cc2[nH]c1=O. The van der Waals surface area contributed by atoms with Crippen molar-refractivity contribution in [3.8, 4) is 0 Å². The number of piperazine rings is 1. The molecule has 5 rings (SSSR count). The lowest BCUT2D eigenvalue weighted by Gasteiger charge is -2.35. The van der Waals surface area contributed by atoms with E-state index in [0.717, 1.165) is 41.4 Å². The number of imidazole rings is 1. The number of hydrogen-bond donors (Lipinski definition) is 1. The maximum Gasteiger partial charge on any atom is 0.434 e. The quantitative estimate of drug-likeness (QED) is 0.508.